The van der Waals surface area contributed by atoms with Crippen molar-refractivity contribution in [2.45, 2.75) is 19.1 Å². The molecule has 0 aliphatic carbocycles. The maximum absolute atomic E-state index is 13.5. The molecule has 1 aromatic heterocycles. The van der Waals surface area contributed by atoms with Crippen molar-refractivity contribution in [2.75, 3.05) is 26.2 Å². The number of aromatic nitrogens is 1. The van der Waals surface area contributed by atoms with E-state index in [1.165, 1.54) is 22.0 Å². The maximum atomic E-state index is 13.5. The van der Waals surface area contributed by atoms with E-state index in [1.807, 2.05) is 12.1 Å². The zero-order valence-electron chi connectivity index (χ0n) is 19.4. The van der Waals surface area contributed by atoms with Crippen LogP contribution in [0.15, 0.2) is 72.8 Å². The van der Waals surface area contributed by atoms with Crippen LogP contribution in [0.1, 0.15) is 11.3 Å². The number of carbonyl (C=O) groups excluding carboxylic acids is 2. The van der Waals surface area contributed by atoms with E-state index in [2.05, 4.69) is 77.2 Å². The molecule has 0 saturated carbocycles. The third-order valence-corrected chi connectivity index (χ3v) is 7.33. The molecular weight excluding hydrogens is 424 g/mol. The second-order valence-corrected chi connectivity index (χ2v) is 9.47. The number of carbonyl (C=O) groups is 2. The van der Waals surface area contributed by atoms with Gasteiger partial charge in [-0.3, -0.25) is 14.5 Å². The van der Waals surface area contributed by atoms with E-state index >= 15 is 0 Å². The zero-order chi connectivity index (χ0) is 23.2. The highest BCUT2D eigenvalue weighted by Crippen LogP contribution is 2.24. The van der Waals surface area contributed by atoms with Gasteiger partial charge >= 0.3 is 0 Å². The van der Waals surface area contributed by atoms with Crippen molar-refractivity contribution < 1.29 is 9.59 Å². The summed E-state index contributed by atoms with van der Waals surface area (Å²) in [4.78, 5) is 32.2. The van der Waals surface area contributed by atoms with Crippen molar-refractivity contribution in [2.24, 2.45) is 7.05 Å². The van der Waals surface area contributed by atoms with Crippen LogP contribution in [0.4, 0.5) is 0 Å². The summed E-state index contributed by atoms with van der Waals surface area (Å²) in [6.45, 7) is 3.33. The summed E-state index contributed by atoms with van der Waals surface area (Å²) in [5.74, 6) is 0.101. The number of amides is 2. The molecule has 2 aliphatic heterocycles. The lowest BCUT2D eigenvalue weighted by atomic mass is 10.0. The summed E-state index contributed by atoms with van der Waals surface area (Å²) in [5.41, 5.74) is 3.48. The molecule has 2 saturated heterocycles. The second kappa shape index (κ2) is 8.29. The fourth-order valence-corrected chi connectivity index (χ4v) is 5.45. The first-order chi connectivity index (χ1) is 16.6. The lowest BCUT2D eigenvalue weighted by molar-refractivity contribution is -0.160. The molecule has 3 heterocycles. The minimum Gasteiger partial charge on any atom is -0.346 e. The van der Waals surface area contributed by atoms with Crippen LogP contribution in [-0.4, -0.2) is 63.3 Å². The van der Waals surface area contributed by atoms with Gasteiger partial charge in [0.05, 0.1) is 0 Å². The molecule has 172 valence electrons. The lowest BCUT2D eigenvalue weighted by Crippen LogP contribution is -2.66. The highest BCUT2D eigenvalue weighted by molar-refractivity contribution is 5.95. The monoisotopic (exact) mass is 452 g/mol. The number of fused-ring (bicyclic) bond motifs is 3. The summed E-state index contributed by atoms with van der Waals surface area (Å²) in [7, 11) is 2.09. The molecule has 6 nitrogen and oxygen atoms in total. The Morgan fingerprint density at radius 1 is 0.824 bits per heavy atom. The van der Waals surface area contributed by atoms with Crippen molar-refractivity contribution in [3.05, 3.63) is 84.1 Å². The molecular formula is C28H28N4O2. The van der Waals surface area contributed by atoms with Gasteiger partial charge in [-0.05, 0) is 39.9 Å². The fourth-order valence-electron chi connectivity index (χ4n) is 5.45. The van der Waals surface area contributed by atoms with Crippen molar-refractivity contribution in [1.82, 2.24) is 19.3 Å². The minimum absolute atomic E-state index is 0.0505. The third kappa shape index (κ3) is 3.64. The van der Waals surface area contributed by atoms with E-state index in [0.29, 0.717) is 19.6 Å². The Bertz CT molecular complexity index is 1410. The van der Waals surface area contributed by atoms with Gasteiger partial charge in [0.1, 0.15) is 12.6 Å². The Labute approximate surface area is 199 Å². The summed E-state index contributed by atoms with van der Waals surface area (Å²) < 4.78 is 2.22. The van der Waals surface area contributed by atoms with Gasteiger partial charge in [-0.1, -0.05) is 54.6 Å². The molecule has 0 bridgehead atoms. The van der Waals surface area contributed by atoms with Gasteiger partial charge in [0.15, 0.2) is 0 Å². The molecule has 0 radical (unpaired) electrons. The van der Waals surface area contributed by atoms with Crippen LogP contribution in [0.25, 0.3) is 21.7 Å². The second-order valence-electron chi connectivity index (χ2n) is 9.47. The molecule has 2 aliphatic rings. The molecule has 34 heavy (non-hydrogen) atoms. The number of para-hydroxylation sites is 1. The number of nitrogens with zero attached hydrogens (tertiary/aromatic N) is 4. The van der Waals surface area contributed by atoms with E-state index < -0.39 is 6.04 Å². The van der Waals surface area contributed by atoms with Gasteiger partial charge in [0.25, 0.3) is 0 Å². The van der Waals surface area contributed by atoms with Gasteiger partial charge in [-0.15, -0.1) is 0 Å². The number of rotatable bonds is 4. The first-order valence-electron chi connectivity index (χ1n) is 11.9. The first-order valence-corrected chi connectivity index (χ1v) is 11.9. The SMILES string of the molecule is Cn1c(CN2CCN3C(=O)CN(Cc4ccc5ccccc5c4)C(=O)C3C2)cc2ccccc21. The van der Waals surface area contributed by atoms with E-state index in [-0.39, 0.29) is 18.4 Å². The molecule has 4 aromatic rings. The van der Waals surface area contributed by atoms with Crippen LogP contribution in [0.5, 0.6) is 0 Å². The minimum atomic E-state index is -0.412. The quantitative estimate of drug-likeness (QED) is 0.477. The van der Waals surface area contributed by atoms with Gasteiger partial charge in [0.2, 0.25) is 11.8 Å². The summed E-state index contributed by atoms with van der Waals surface area (Å²) in [6, 6.07) is 24.6. The van der Waals surface area contributed by atoms with Gasteiger partial charge in [-0.25, -0.2) is 0 Å². The van der Waals surface area contributed by atoms with Gasteiger partial charge in [0, 0.05) is 51.0 Å². The molecule has 1 atom stereocenters. The Kier molecular flexibility index (Phi) is 5.11. The molecule has 3 aromatic carbocycles. The third-order valence-electron chi connectivity index (χ3n) is 7.33. The van der Waals surface area contributed by atoms with Crippen molar-refractivity contribution in [1.29, 1.82) is 0 Å². The highest BCUT2D eigenvalue weighted by atomic mass is 16.2. The number of piperazine rings is 2. The maximum Gasteiger partial charge on any atom is 0.247 e. The normalized spacial score (nSPS) is 19.3. The highest BCUT2D eigenvalue weighted by Gasteiger charge is 2.42. The summed E-state index contributed by atoms with van der Waals surface area (Å²) in [5, 5.41) is 3.55. The van der Waals surface area contributed by atoms with Crippen LogP contribution in [-0.2, 0) is 29.7 Å². The molecule has 0 N–H and O–H groups in total. The first kappa shape index (κ1) is 20.9. The number of hydrogen-bond acceptors (Lipinski definition) is 3. The van der Waals surface area contributed by atoms with Gasteiger partial charge < -0.3 is 14.4 Å². The van der Waals surface area contributed by atoms with Crippen LogP contribution in [0.2, 0.25) is 0 Å². The fraction of sp³-hybridized carbons (Fsp3) is 0.286. The van der Waals surface area contributed by atoms with Crippen LogP contribution < -0.4 is 0 Å². The Morgan fingerprint density at radius 3 is 2.41 bits per heavy atom. The topological polar surface area (TPSA) is 48.8 Å². The van der Waals surface area contributed by atoms with Crippen molar-refractivity contribution >= 4 is 33.5 Å². The zero-order valence-corrected chi connectivity index (χ0v) is 19.4. The molecule has 0 spiro atoms. The lowest BCUT2D eigenvalue weighted by Gasteiger charge is -2.46. The molecule has 1 unspecified atom stereocenters. The molecule has 2 fully saturated rings. The van der Waals surface area contributed by atoms with E-state index in [4.69, 9.17) is 0 Å². The van der Waals surface area contributed by atoms with Gasteiger partial charge in [-0.2, -0.15) is 0 Å². The van der Waals surface area contributed by atoms with Crippen LogP contribution >= 0.6 is 0 Å². The molecule has 6 rings (SSSR count). The molecule has 2 amide bonds. The average Bonchev–Trinajstić information content (AvgIpc) is 3.17. The van der Waals surface area contributed by atoms with E-state index in [0.717, 1.165) is 24.0 Å². The number of aryl methyl sites for hydroxylation is 1. The summed E-state index contributed by atoms with van der Waals surface area (Å²) >= 11 is 0. The Morgan fingerprint density at radius 2 is 1.59 bits per heavy atom. The smallest absolute Gasteiger partial charge is 0.247 e. The largest absolute Gasteiger partial charge is 0.346 e. The Balaban J connectivity index is 1.19. The summed E-state index contributed by atoms with van der Waals surface area (Å²) in [6.07, 6.45) is 0. The standard InChI is InChI=1S/C28H28N4O2/c1-29-24(15-23-8-4-5-9-25(23)29)17-30-12-13-32-26(18-30)28(34)31(19-27(32)33)16-20-10-11-21-6-2-3-7-22(21)14-20/h2-11,14-15,26H,12-13,16-19H2,1H3. The van der Waals surface area contributed by atoms with E-state index in [9.17, 15) is 9.59 Å². The predicted molar refractivity (Wildman–Crippen MR) is 133 cm³/mol. The number of benzene rings is 3. The van der Waals surface area contributed by atoms with Crippen molar-refractivity contribution in [3.8, 4) is 0 Å². The van der Waals surface area contributed by atoms with Crippen LogP contribution in [0, 0.1) is 0 Å². The van der Waals surface area contributed by atoms with Crippen LogP contribution in [0.3, 0.4) is 0 Å². The van der Waals surface area contributed by atoms with E-state index in [1.54, 1.807) is 9.80 Å². The average molecular weight is 453 g/mol. The predicted octanol–water partition coefficient (Wildman–Crippen LogP) is 3.39. The molecule has 6 heteroatoms. The van der Waals surface area contributed by atoms with Crippen molar-refractivity contribution in [3.63, 3.8) is 0 Å². The number of hydrogen-bond donors (Lipinski definition) is 0. The Hall–Kier alpha value is -3.64.